The average Bonchev–Trinajstić information content (AvgIpc) is 3.32. The molecule has 1 saturated carbocycles. The number of benzene rings is 1. The van der Waals surface area contributed by atoms with Gasteiger partial charge in [0.15, 0.2) is 0 Å². The molecule has 0 radical (unpaired) electrons. The van der Waals surface area contributed by atoms with Crippen molar-refractivity contribution in [2.75, 3.05) is 5.32 Å². The number of aromatic nitrogens is 1. The van der Waals surface area contributed by atoms with Crippen molar-refractivity contribution in [2.45, 2.75) is 38.2 Å². The number of rotatable bonds is 7. The van der Waals surface area contributed by atoms with E-state index < -0.39 is 6.09 Å². The third kappa shape index (κ3) is 4.89. The molecule has 0 aliphatic heterocycles. The monoisotopic (exact) mass is 522 g/mol. The number of ketones is 1. The first-order chi connectivity index (χ1) is 16.9. The van der Waals surface area contributed by atoms with Gasteiger partial charge in [-0.2, -0.15) is 11.3 Å². The van der Waals surface area contributed by atoms with Gasteiger partial charge in [0, 0.05) is 22.9 Å². The molecular weight excluding hydrogens is 500 g/mol. The summed E-state index contributed by atoms with van der Waals surface area (Å²) in [7, 11) is 0. The third-order valence-electron chi connectivity index (χ3n) is 6.42. The van der Waals surface area contributed by atoms with Gasteiger partial charge in [-0.1, -0.05) is 35.9 Å². The van der Waals surface area contributed by atoms with Crippen LogP contribution in [0.5, 0.6) is 0 Å². The van der Waals surface area contributed by atoms with Crippen LogP contribution in [0.15, 0.2) is 65.5 Å². The molecule has 1 aliphatic rings. The summed E-state index contributed by atoms with van der Waals surface area (Å²) in [6.07, 6.45) is 2.73. The van der Waals surface area contributed by atoms with Gasteiger partial charge in [0.25, 0.3) is 0 Å². The van der Waals surface area contributed by atoms with Gasteiger partial charge in [-0.3, -0.25) is 15.1 Å². The second kappa shape index (κ2) is 9.57. The van der Waals surface area contributed by atoms with Crippen molar-refractivity contribution < 1.29 is 14.3 Å². The van der Waals surface area contributed by atoms with E-state index in [0.717, 1.165) is 45.7 Å². The Morgan fingerprint density at radius 2 is 1.86 bits per heavy atom. The fourth-order valence-corrected chi connectivity index (χ4v) is 6.08. The number of pyridine rings is 1. The molecule has 3 aromatic heterocycles. The maximum absolute atomic E-state index is 12.5. The summed E-state index contributed by atoms with van der Waals surface area (Å²) in [6, 6.07) is 15.6. The summed E-state index contributed by atoms with van der Waals surface area (Å²) in [5, 5.41) is 6.72. The first kappa shape index (κ1) is 23.7. The smallest absolute Gasteiger partial charge is 0.412 e. The van der Waals surface area contributed by atoms with E-state index in [0.29, 0.717) is 10.0 Å². The first-order valence-corrected chi connectivity index (χ1v) is 13.4. The van der Waals surface area contributed by atoms with Crippen molar-refractivity contribution in [1.82, 2.24) is 4.98 Å². The Labute approximate surface area is 216 Å². The number of ether oxygens (including phenoxy) is 1. The Bertz CT molecular complexity index is 1360. The van der Waals surface area contributed by atoms with Crippen molar-refractivity contribution in [2.24, 2.45) is 0 Å². The van der Waals surface area contributed by atoms with Gasteiger partial charge in [0.2, 0.25) is 0 Å². The largest absolute Gasteiger partial charge is 0.441 e. The minimum atomic E-state index is -0.539. The van der Waals surface area contributed by atoms with Crippen LogP contribution in [0.3, 0.4) is 0 Å². The lowest BCUT2D eigenvalue weighted by Gasteiger charge is -2.13. The van der Waals surface area contributed by atoms with Crippen LogP contribution in [0.25, 0.3) is 21.7 Å². The Morgan fingerprint density at radius 3 is 2.46 bits per heavy atom. The number of carbonyl (C=O) groups excluding carboxylic acids is 2. The van der Waals surface area contributed by atoms with Crippen LogP contribution in [-0.4, -0.2) is 16.9 Å². The van der Waals surface area contributed by atoms with Crippen LogP contribution in [0, 0.1) is 0 Å². The first-order valence-electron chi connectivity index (χ1n) is 11.2. The van der Waals surface area contributed by atoms with Crippen LogP contribution >= 0.6 is 34.3 Å². The fourth-order valence-electron chi connectivity index (χ4n) is 4.17. The minimum Gasteiger partial charge on any atom is -0.441 e. The van der Waals surface area contributed by atoms with Gasteiger partial charge in [-0.25, -0.2) is 4.79 Å². The Hall–Kier alpha value is -3.00. The normalized spacial score (nSPS) is 14.8. The molecule has 3 heterocycles. The van der Waals surface area contributed by atoms with E-state index in [2.05, 4.69) is 10.3 Å². The molecule has 35 heavy (non-hydrogen) atoms. The number of hydrogen-bond acceptors (Lipinski definition) is 6. The highest BCUT2D eigenvalue weighted by molar-refractivity contribution is 7.20. The summed E-state index contributed by atoms with van der Waals surface area (Å²) in [6.45, 7) is 3.51. The topological polar surface area (TPSA) is 68.3 Å². The van der Waals surface area contributed by atoms with E-state index in [4.69, 9.17) is 16.3 Å². The Kier molecular flexibility index (Phi) is 6.49. The van der Waals surface area contributed by atoms with Crippen molar-refractivity contribution in [3.8, 4) is 21.7 Å². The Balaban J connectivity index is 1.31. The number of Topliss-reactive ketones (excluding diaryl/α,β-unsaturated/α-hetero) is 1. The SMILES string of the molecule is CC(=O)C1(c2ccc(-c3ccc(-c4sc(Cl)cc4NC(=O)OC(C)c4ccsc4)cn3)cc2)CC1. The minimum absolute atomic E-state index is 0.233. The molecule has 4 aromatic rings. The molecule has 0 saturated heterocycles. The van der Waals surface area contributed by atoms with Gasteiger partial charge in [0.05, 0.1) is 26.0 Å². The number of carbonyl (C=O) groups is 2. The summed E-state index contributed by atoms with van der Waals surface area (Å²) >= 11 is 9.20. The van der Waals surface area contributed by atoms with Crippen LogP contribution in [0.2, 0.25) is 4.34 Å². The number of amides is 1. The van der Waals surface area contributed by atoms with Gasteiger partial charge < -0.3 is 4.74 Å². The lowest BCUT2D eigenvalue weighted by molar-refractivity contribution is -0.119. The van der Waals surface area contributed by atoms with Crippen molar-refractivity contribution in [3.63, 3.8) is 0 Å². The second-order valence-electron chi connectivity index (χ2n) is 8.67. The van der Waals surface area contributed by atoms with E-state index in [1.54, 1.807) is 30.5 Å². The molecule has 0 bridgehead atoms. The maximum Gasteiger partial charge on any atom is 0.412 e. The van der Waals surface area contributed by atoms with Crippen LogP contribution in [-0.2, 0) is 14.9 Å². The lowest BCUT2D eigenvalue weighted by Crippen LogP contribution is -2.16. The highest BCUT2D eigenvalue weighted by atomic mass is 35.5. The molecule has 1 aliphatic carbocycles. The fraction of sp³-hybridized carbons (Fsp3) is 0.222. The number of hydrogen-bond donors (Lipinski definition) is 1. The molecule has 1 atom stereocenters. The predicted octanol–water partition coefficient (Wildman–Crippen LogP) is 8.12. The van der Waals surface area contributed by atoms with Crippen molar-refractivity contribution in [3.05, 3.63) is 81.0 Å². The molecular formula is C27H23ClN2O3S2. The molecule has 0 spiro atoms. The molecule has 1 amide bonds. The quantitative estimate of drug-likeness (QED) is 0.266. The lowest BCUT2D eigenvalue weighted by atomic mass is 9.91. The third-order valence-corrected chi connectivity index (χ3v) is 8.43. The summed E-state index contributed by atoms with van der Waals surface area (Å²) in [5.41, 5.74) is 4.99. The number of halogens is 1. The second-order valence-corrected chi connectivity index (χ2v) is 11.1. The summed E-state index contributed by atoms with van der Waals surface area (Å²) in [4.78, 5) is 29.9. The zero-order chi connectivity index (χ0) is 24.6. The molecule has 5 rings (SSSR count). The number of anilines is 1. The predicted molar refractivity (Wildman–Crippen MR) is 142 cm³/mol. The maximum atomic E-state index is 12.5. The number of nitrogens with one attached hydrogen (secondary N) is 1. The summed E-state index contributed by atoms with van der Waals surface area (Å²) in [5.74, 6) is 0.233. The van der Waals surface area contributed by atoms with Crippen molar-refractivity contribution >= 4 is 51.8 Å². The molecule has 1 unspecified atom stereocenters. The van der Waals surface area contributed by atoms with Crippen LogP contribution < -0.4 is 5.32 Å². The molecule has 178 valence electrons. The van der Waals surface area contributed by atoms with Gasteiger partial charge in [0.1, 0.15) is 11.9 Å². The van der Waals surface area contributed by atoms with E-state index in [-0.39, 0.29) is 17.3 Å². The van der Waals surface area contributed by atoms with Crippen LogP contribution in [0.1, 0.15) is 43.9 Å². The average molecular weight is 523 g/mol. The number of nitrogens with zero attached hydrogens (tertiary/aromatic N) is 1. The highest BCUT2D eigenvalue weighted by Crippen LogP contribution is 2.49. The van der Waals surface area contributed by atoms with E-state index in [1.807, 2.05) is 60.1 Å². The molecule has 1 fully saturated rings. The molecule has 5 nitrogen and oxygen atoms in total. The van der Waals surface area contributed by atoms with E-state index >= 15 is 0 Å². The van der Waals surface area contributed by atoms with Gasteiger partial charge in [-0.15, -0.1) is 11.3 Å². The molecule has 1 aromatic carbocycles. The van der Waals surface area contributed by atoms with Gasteiger partial charge in [-0.05, 0) is 67.3 Å². The Morgan fingerprint density at radius 1 is 1.11 bits per heavy atom. The van der Waals surface area contributed by atoms with Crippen LogP contribution in [0.4, 0.5) is 10.5 Å². The number of thiophene rings is 2. The molecule has 8 heteroatoms. The summed E-state index contributed by atoms with van der Waals surface area (Å²) < 4.78 is 6.07. The zero-order valence-electron chi connectivity index (χ0n) is 19.2. The standard InChI is InChI=1S/C27H23ClN2O3S2/c1-16(20-9-12-34-15-20)33-26(32)30-23-13-24(28)35-25(23)19-5-8-22(29-14-19)18-3-6-21(7-4-18)27(10-11-27)17(2)31/h3-9,12-16H,10-11H2,1-2H3,(H,30,32). The highest BCUT2D eigenvalue weighted by Gasteiger charge is 2.48. The molecule has 1 N–H and O–H groups in total. The zero-order valence-corrected chi connectivity index (χ0v) is 21.6. The van der Waals surface area contributed by atoms with E-state index in [1.165, 1.54) is 11.3 Å². The van der Waals surface area contributed by atoms with Gasteiger partial charge >= 0.3 is 6.09 Å². The van der Waals surface area contributed by atoms with Crippen molar-refractivity contribution in [1.29, 1.82) is 0 Å². The van der Waals surface area contributed by atoms with E-state index in [9.17, 15) is 9.59 Å².